The topological polar surface area (TPSA) is 91.6 Å². The first-order valence-electron chi connectivity index (χ1n) is 6.98. The fourth-order valence-corrected chi connectivity index (χ4v) is 2.29. The van der Waals surface area contributed by atoms with Gasteiger partial charge in [-0.1, -0.05) is 12.1 Å². The lowest BCUT2D eigenvalue weighted by molar-refractivity contribution is -0.385. The molecule has 1 heterocycles. The van der Waals surface area contributed by atoms with Crippen LogP contribution < -0.4 is 9.47 Å². The van der Waals surface area contributed by atoms with E-state index in [0.29, 0.717) is 16.7 Å². The van der Waals surface area contributed by atoms with Crippen LogP contribution in [0.1, 0.15) is 10.4 Å². The lowest BCUT2D eigenvalue weighted by Gasteiger charge is -2.08. The minimum atomic E-state index is -0.693. The number of rotatable bonds is 4. The molecule has 0 saturated carbocycles. The van der Waals surface area contributed by atoms with Gasteiger partial charge in [-0.25, -0.2) is 4.79 Å². The number of carbonyl (C=O) groups excluding carboxylic acids is 1. The van der Waals surface area contributed by atoms with Gasteiger partial charge in [0.1, 0.15) is 5.75 Å². The summed E-state index contributed by atoms with van der Waals surface area (Å²) in [6.45, 7) is 0. The van der Waals surface area contributed by atoms with Gasteiger partial charge < -0.3 is 9.47 Å². The highest BCUT2D eigenvalue weighted by molar-refractivity contribution is 6.04. The third-order valence-corrected chi connectivity index (χ3v) is 3.43. The molecule has 0 spiro atoms. The van der Waals surface area contributed by atoms with Crippen LogP contribution in [0.15, 0.2) is 54.7 Å². The first-order chi connectivity index (χ1) is 11.6. The number of hydrogen-bond donors (Lipinski definition) is 0. The third-order valence-electron chi connectivity index (χ3n) is 3.43. The molecule has 0 atom stereocenters. The van der Waals surface area contributed by atoms with E-state index < -0.39 is 10.9 Å². The van der Waals surface area contributed by atoms with Crippen LogP contribution in [0.5, 0.6) is 11.5 Å². The summed E-state index contributed by atoms with van der Waals surface area (Å²) in [5.41, 5.74) is 0.572. The van der Waals surface area contributed by atoms with Crippen molar-refractivity contribution < 1.29 is 19.2 Å². The third kappa shape index (κ3) is 2.87. The summed E-state index contributed by atoms with van der Waals surface area (Å²) in [6, 6.07) is 12.5. The molecule has 2 aromatic carbocycles. The number of methoxy groups -OCH3 is 1. The molecule has 0 aliphatic heterocycles. The van der Waals surface area contributed by atoms with Crippen molar-refractivity contribution in [1.29, 1.82) is 0 Å². The van der Waals surface area contributed by atoms with Gasteiger partial charge in [0.05, 0.1) is 29.2 Å². The number of ether oxygens (including phenoxy) is 2. The molecule has 1 aromatic heterocycles. The zero-order valence-electron chi connectivity index (χ0n) is 12.6. The molecule has 0 saturated heterocycles. The van der Waals surface area contributed by atoms with Crippen molar-refractivity contribution in [2.24, 2.45) is 0 Å². The van der Waals surface area contributed by atoms with Crippen LogP contribution in [0.25, 0.3) is 10.9 Å². The second-order valence-electron chi connectivity index (χ2n) is 4.86. The maximum Gasteiger partial charge on any atom is 0.344 e. The van der Waals surface area contributed by atoms with Crippen LogP contribution in [-0.2, 0) is 0 Å². The Morgan fingerprint density at radius 3 is 2.75 bits per heavy atom. The molecule has 7 nitrogen and oxygen atoms in total. The van der Waals surface area contributed by atoms with Crippen molar-refractivity contribution in [2.75, 3.05) is 7.11 Å². The van der Waals surface area contributed by atoms with E-state index in [1.807, 2.05) is 0 Å². The SMILES string of the molecule is COc1ccc(OC(=O)c2cccc3ncccc23)c([N+](=O)[O-])c1. The Bertz CT molecular complexity index is 934. The standard InChI is InChI=1S/C17H12N2O5/c1-23-11-7-8-16(15(10-11)19(21)22)24-17(20)13-4-2-6-14-12(13)5-3-9-18-14/h2-10H,1H3. The van der Waals surface area contributed by atoms with Crippen LogP contribution in [0, 0.1) is 10.1 Å². The van der Waals surface area contributed by atoms with Gasteiger partial charge in [-0.15, -0.1) is 0 Å². The minimum absolute atomic E-state index is 0.147. The Balaban J connectivity index is 1.99. The molecule has 7 heteroatoms. The van der Waals surface area contributed by atoms with Crippen LogP contribution in [0.4, 0.5) is 5.69 Å². The number of esters is 1. The van der Waals surface area contributed by atoms with Crippen LogP contribution in [0.3, 0.4) is 0 Å². The van der Waals surface area contributed by atoms with E-state index in [2.05, 4.69) is 4.98 Å². The highest BCUT2D eigenvalue weighted by Gasteiger charge is 2.21. The first kappa shape index (κ1) is 15.4. The van der Waals surface area contributed by atoms with Crippen molar-refractivity contribution in [3.8, 4) is 11.5 Å². The molecule has 120 valence electrons. The normalized spacial score (nSPS) is 10.4. The quantitative estimate of drug-likeness (QED) is 0.316. The molecular weight excluding hydrogens is 312 g/mol. The fourth-order valence-electron chi connectivity index (χ4n) is 2.29. The van der Waals surface area contributed by atoms with Crippen molar-refractivity contribution in [3.05, 3.63) is 70.4 Å². The zero-order chi connectivity index (χ0) is 17.1. The Morgan fingerprint density at radius 2 is 2.00 bits per heavy atom. The van der Waals surface area contributed by atoms with Crippen molar-refractivity contribution >= 4 is 22.6 Å². The van der Waals surface area contributed by atoms with Crippen molar-refractivity contribution in [3.63, 3.8) is 0 Å². The Morgan fingerprint density at radius 1 is 1.17 bits per heavy atom. The Hall–Kier alpha value is -3.48. The molecule has 3 rings (SSSR count). The average Bonchev–Trinajstić information content (AvgIpc) is 2.61. The van der Waals surface area contributed by atoms with Gasteiger partial charge in [-0.3, -0.25) is 15.1 Å². The number of nitro groups is 1. The van der Waals surface area contributed by atoms with Gasteiger partial charge >= 0.3 is 11.7 Å². The van der Waals surface area contributed by atoms with E-state index in [0.717, 1.165) is 0 Å². The number of aromatic nitrogens is 1. The molecule has 0 fully saturated rings. The lowest BCUT2D eigenvalue weighted by Crippen LogP contribution is -2.10. The molecule has 0 radical (unpaired) electrons. The second kappa shape index (κ2) is 6.33. The molecule has 3 aromatic rings. The second-order valence-corrected chi connectivity index (χ2v) is 4.86. The van der Waals surface area contributed by atoms with E-state index in [1.54, 1.807) is 36.5 Å². The summed E-state index contributed by atoms with van der Waals surface area (Å²) in [4.78, 5) is 27.2. The van der Waals surface area contributed by atoms with Gasteiger partial charge in [-0.2, -0.15) is 0 Å². The van der Waals surface area contributed by atoms with Gasteiger partial charge in [0.25, 0.3) is 0 Å². The monoisotopic (exact) mass is 324 g/mol. The molecule has 0 N–H and O–H groups in total. The summed E-state index contributed by atoms with van der Waals surface area (Å²) < 4.78 is 10.2. The number of nitro benzene ring substituents is 1. The fraction of sp³-hybridized carbons (Fsp3) is 0.0588. The molecular formula is C17H12N2O5. The molecule has 0 amide bonds. The maximum absolute atomic E-state index is 12.5. The molecule has 0 unspecified atom stereocenters. The lowest BCUT2D eigenvalue weighted by atomic mass is 10.1. The van der Waals surface area contributed by atoms with Crippen LogP contribution in [0.2, 0.25) is 0 Å². The van der Waals surface area contributed by atoms with Crippen molar-refractivity contribution in [2.45, 2.75) is 0 Å². The largest absolute Gasteiger partial charge is 0.496 e. The first-order valence-corrected chi connectivity index (χ1v) is 6.98. The van der Waals surface area contributed by atoms with E-state index in [4.69, 9.17) is 9.47 Å². The maximum atomic E-state index is 12.5. The number of pyridine rings is 1. The minimum Gasteiger partial charge on any atom is -0.496 e. The number of hydrogen-bond acceptors (Lipinski definition) is 6. The van der Waals surface area contributed by atoms with E-state index in [-0.39, 0.29) is 17.0 Å². The van der Waals surface area contributed by atoms with Gasteiger partial charge in [0.15, 0.2) is 0 Å². The smallest absolute Gasteiger partial charge is 0.344 e. The summed E-state index contributed by atoms with van der Waals surface area (Å²) >= 11 is 0. The predicted molar refractivity (Wildman–Crippen MR) is 86.3 cm³/mol. The summed E-state index contributed by atoms with van der Waals surface area (Å²) in [7, 11) is 1.40. The van der Waals surface area contributed by atoms with Crippen LogP contribution >= 0.6 is 0 Å². The molecule has 0 aliphatic carbocycles. The molecule has 0 bridgehead atoms. The van der Waals surface area contributed by atoms with Gasteiger partial charge in [0.2, 0.25) is 5.75 Å². The number of fused-ring (bicyclic) bond motifs is 1. The number of nitrogens with zero attached hydrogens (tertiary/aromatic N) is 2. The molecule has 0 aliphatic rings. The van der Waals surface area contributed by atoms with Gasteiger partial charge in [-0.05, 0) is 30.3 Å². The average molecular weight is 324 g/mol. The predicted octanol–water partition coefficient (Wildman–Crippen LogP) is 3.37. The number of benzene rings is 2. The highest BCUT2D eigenvalue weighted by atomic mass is 16.6. The van der Waals surface area contributed by atoms with Gasteiger partial charge in [0, 0.05) is 11.6 Å². The van der Waals surface area contributed by atoms with E-state index in [1.165, 1.54) is 25.3 Å². The number of carbonyl (C=O) groups is 1. The van der Waals surface area contributed by atoms with E-state index in [9.17, 15) is 14.9 Å². The summed E-state index contributed by atoms with van der Waals surface area (Å²) in [5.74, 6) is -0.538. The highest BCUT2D eigenvalue weighted by Crippen LogP contribution is 2.32. The summed E-state index contributed by atoms with van der Waals surface area (Å²) in [6.07, 6.45) is 1.62. The van der Waals surface area contributed by atoms with Crippen molar-refractivity contribution in [1.82, 2.24) is 4.98 Å². The Kier molecular flexibility index (Phi) is 4.07. The van der Waals surface area contributed by atoms with Crippen LogP contribution in [-0.4, -0.2) is 23.0 Å². The molecule has 24 heavy (non-hydrogen) atoms. The van der Waals surface area contributed by atoms with E-state index >= 15 is 0 Å². The summed E-state index contributed by atoms with van der Waals surface area (Å²) in [5, 5.41) is 11.8. The zero-order valence-corrected chi connectivity index (χ0v) is 12.6. The Labute approximate surface area is 136 Å².